The van der Waals surface area contributed by atoms with Gasteiger partial charge in [0.05, 0.1) is 0 Å². The van der Waals surface area contributed by atoms with E-state index in [4.69, 9.17) is 21.7 Å². The third-order valence-corrected chi connectivity index (χ3v) is 5.10. The van der Waals surface area contributed by atoms with Gasteiger partial charge in [-0.05, 0) is 19.1 Å². The second kappa shape index (κ2) is 7.61. The van der Waals surface area contributed by atoms with Crippen LogP contribution in [0.5, 0.6) is 0 Å². The molecule has 0 spiro atoms. The molecule has 3 aromatic carbocycles. The Morgan fingerprint density at radius 2 is 1.40 bits per heavy atom. The molecule has 6 heteroatoms. The van der Waals surface area contributed by atoms with E-state index in [1.54, 1.807) is 4.52 Å². The largest absolute Gasteiger partial charge is 0.350 e. The summed E-state index contributed by atoms with van der Waals surface area (Å²) in [7, 11) is 0. The van der Waals surface area contributed by atoms with E-state index in [9.17, 15) is 0 Å². The number of nitrogens with one attached hydrogen (secondary N) is 1. The van der Waals surface area contributed by atoms with Gasteiger partial charge in [-0.15, -0.1) is 5.10 Å². The molecule has 5 rings (SSSR count). The lowest BCUT2D eigenvalue weighted by Crippen LogP contribution is -2.03. The molecule has 2 heterocycles. The minimum Gasteiger partial charge on any atom is -0.350 e. The maximum absolute atomic E-state index is 6.64. The minimum atomic E-state index is 0.342. The van der Waals surface area contributed by atoms with E-state index in [1.807, 2.05) is 84.9 Å². The van der Waals surface area contributed by atoms with Crippen LogP contribution in [0.25, 0.3) is 28.4 Å². The van der Waals surface area contributed by atoms with E-state index >= 15 is 0 Å². The number of fused-ring (bicyclic) bond motifs is 1. The van der Waals surface area contributed by atoms with E-state index < -0.39 is 0 Å². The fourth-order valence-corrected chi connectivity index (χ4v) is 3.49. The maximum Gasteiger partial charge on any atom is 0.185 e. The van der Waals surface area contributed by atoms with Crippen molar-refractivity contribution in [3.63, 3.8) is 0 Å². The highest BCUT2D eigenvalue weighted by atomic mass is 35.5. The minimum absolute atomic E-state index is 0.342. The lowest BCUT2D eigenvalue weighted by atomic mass is 10.2. The number of anilines is 2. The lowest BCUT2D eigenvalue weighted by molar-refractivity contribution is 0.939. The molecule has 0 aliphatic heterocycles. The molecule has 0 bridgehead atoms. The summed E-state index contributed by atoms with van der Waals surface area (Å²) in [6.45, 7) is 2.05. The average molecular weight is 412 g/mol. The van der Waals surface area contributed by atoms with Crippen LogP contribution in [0.2, 0.25) is 5.15 Å². The summed E-state index contributed by atoms with van der Waals surface area (Å²) < 4.78 is 1.75. The highest BCUT2D eigenvalue weighted by molar-refractivity contribution is 6.33. The number of benzene rings is 3. The topological polar surface area (TPSA) is 55.1 Å². The quantitative estimate of drug-likeness (QED) is 0.359. The van der Waals surface area contributed by atoms with Crippen LogP contribution in [0.1, 0.15) is 5.56 Å². The third kappa shape index (κ3) is 3.40. The van der Waals surface area contributed by atoms with E-state index in [0.717, 1.165) is 16.8 Å². The van der Waals surface area contributed by atoms with Gasteiger partial charge in [-0.1, -0.05) is 90.0 Å². The molecular formula is C24H18ClN5. The fourth-order valence-electron chi connectivity index (χ4n) is 3.28. The Labute approximate surface area is 179 Å². The standard InChI is InChI=1S/C24H18ClN5/c1-16-12-14-19(15-13-16)26-20-21(25)27-23(18-10-6-3-7-11-18)30-24(20)28-22(29-30)17-8-4-2-5-9-17/h2-15,26H,1H3. The van der Waals surface area contributed by atoms with Crippen LogP contribution in [0.3, 0.4) is 0 Å². The zero-order valence-electron chi connectivity index (χ0n) is 16.2. The maximum atomic E-state index is 6.64. The molecular weight excluding hydrogens is 394 g/mol. The predicted molar refractivity (Wildman–Crippen MR) is 121 cm³/mol. The molecule has 146 valence electrons. The van der Waals surface area contributed by atoms with Crippen molar-refractivity contribution in [1.29, 1.82) is 0 Å². The second-order valence-electron chi connectivity index (χ2n) is 7.00. The molecule has 0 aliphatic rings. The van der Waals surface area contributed by atoms with Gasteiger partial charge < -0.3 is 5.32 Å². The van der Waals surface area contributed by atoms with Crippen LogP contribution in [0, 0.1) is 6.92 Å². The van der Waals surface area contributed by atoms with Crippen molar-refractivity contribution in [2.45, 2.75) is 6.92 Å². The van der Waals surface area contributed by atoms with Crippen LogP contribution in [0.15, 0.2) is 84.9 Å². The van der Waals surface area contributed by atoms with Crippen molar-refractivity contribution >= 4 is 28.6 Å². The first-order chi connectivity index (χ1) is 14.7. The Bertz CT molecular complexity index is 1310. The van der Waals surface area contributed by atoms with Crippen LogP contribution in [0.4, 0.5) is 11.4 Å². The van der Waals surface area contributed by atoms with Crippen LogP contribution < -0.4 is 5.32 Å². The smallest absolute Gasteiger partial charge is 0.185 e. The number of hydrogen-bond donors (Lipinski definition) is 1. The van der Waals surface area contributed by atoms with Crippen molar-refractivity contribution < 1.29 is 0 Å². The molecule has 0 amide bonds. The molecule has 0 atom stereocenters. The first-order valence-electron chi connectivity index (χ1n) is 9.60. The Balaban J connectivity index is 1.73. The first-order valence-corrected chi connectivity index (χ1v) is 9.97. The number of aromatic nitrogens is 4. The van der Waals surface area contributed by atoms with Gasteiger partial charge in [-0.2, -0.15) is 4.52 Å². The van der Waals surface area contributed by atoms with E-state index in [1.165, 1.54) is 5.56 Å². The number of hydrogen-bond acceptors (Lipinski definition) is 4. The van der Waals surface area contributed by atoms with E-state index in [-0.39, 0.29) is 0 Å². The Kier molecular flexibility index (Phi) is 4.65. The molecule has 0 fully saturated rings. The molecule has 30 heavy (non-hydrogen) atoms. The van der Waals surface area contributed by atoms with Gasteiger partial charge in [0.2, 0.25) is 0 Å². The molecule has 0 unspecified atom stereocenters. The zero-order valence-corrected chi connectivity index (χ0v) is 17.0. The second-order valence-corrected chi connectivity index (χ2v) is 7.35. The van der Waals surface area contributed by atoms with Crippen molar-refractivity contribution in [1.82, 2.24) is 19.6 Å². The van der Waals surface area contributed by atoms with Gasteiger partial charge in [-0.3, -0.25) is 0 Å². The van der Waals surface area contributed by atoms with E-state index in [2.05, 4.69) is 17.2 Å². The Morgan fingerprint density at radius 1 is 0.767 bits per heavy atom. The molecule has 2 aromatic heterocycles. The summed E-state index contributed by atoms with van der Waals surface area (Å²) in [6, 6.07) is 27.8. The zero-order chi connectivity index (χ0) is 20.5. The third-order valence-electron chi connectivity index (χ3n) is 4.83. The number of nitrogens with zero attached hydrogens (tertiary/aromatic N) is 4. The van der Waals surface area contributed by atoms with Gasteiger partial charge >= 0.3 is 0 Å². The van der Waals surface area contributed by atoms with Crippen LogP contribution in [-0.2, 0) is 0 Å². The van der Waals surface area contributed by atoms with Crippen LogP contribution >= 0.6 is 11.6 Å². The number of rotatable bonds is 4. The molecule has 5 aromatic rings. The van der Waals surface area contributed by atoms with Gasteiger partial charge in [-0.25, -0.2) is 9.97 Å². The average Bonchev–Trinajstić information content (AvgIpc) is 3.23. The summed E-state index contributed by atoms with van der Waals surface area (Å²) in [5.41, 5.74) is 5.17. The van der Waals surface area contributed by atoms with Crippen LogP contribution in [-0.4, -0.2) is 19.6 Å². The fraction of sp³-hybridized carbons (Fsp3) is 0.0417. The summed E-state index contributed by atoms with van der Waals surface area (Å²) in [4.78, 5) is 9.46. The van der Waals surface area contributed by atoms with Gasteiger partial charge in [0, 0.05) is 16.8 Å². The van der Waals surface area contributed by atoms with E-state index in [0.29, 0.717) is 28.1 Å². The lowest BCUT2D eigenvalue weighted by Gasteiger charge is -2.12. The predicted octanol–water partition coefficient (Wildman–Crippen LogP) is 6.16. The van der Waals surface area contributed by atoms with Crippen molar-refractivity contribution in [2.24, 2.45) is 0 Å². The number of halogens is 1. The molecule has 0 aliphatic carbocycles. The van der Waals surface area contributed by atoms with Gasteiger partial charge in [0.1, 0.15) is 5.69 Å². The summed E-state index contributed by atoms with van der Waals surface area (Å²) in [6.07, 6.45) is 0. The summed E-state index contributed by atoms with van der Waals surface area (Å²) in [5.74, 6) is 1.25. The summed E-state index contributed by atoms with van der Waals surface area (Å²) in [5, 5.41) is 8.47. The molecule has 1 N–H and O–H groups in total. The normalized spacial score (nSPS) is 11.0. The monoisotopic (exact) mass is 411 g/mol. The van der Waals surface area contributed by atoms with Gasteiger partial charge in [0.15, 0.2) is 22.4 Å². The first kappa shape index (κ1) is 18.3. The number of aryl methyl sites for hydroxylation is 1. The Hall–Kier alpha value is -3.70. The van der Waals surface area contributed by atoms with Crippen molar-refractivity contribution in [2.75, 3.05) is 5.32 Å². The van der Waals surface area contributed by atoms with Crippen molar-refractivity contribution in [3.05, 3.63) is 95.6 Å². The van der Waals surface area contributed by atoms with Crippen molar-refractivity contribution in [3.8, 4) is 22.8 Å². The molecule has 0 radical (unpaired) electrons. The molecule has 0 saturated heterocycles. The Morgan fingerprint density at radius 3 is 2.07 bits per heavy atom. The molecule has 0 saturated carbocycles. The SMILES string of the molecule is Cc1ccc(Nc2c(Cl)nc(-c3ccccc3)n3nc(-c4ccccc4)nc23)cc1. The summed E-state index contributed by atoms with van der Waals surface area (Å²) >= 11 is 6.64. The highest BCUT2D eigenvalue weighted by Crippen LogP contribution is 2.33. The van der Waals surface area contributed by atoms with Gasteiger partial charge in [0.25, 0.3) is 0 Å². The molecule has 5 nitrogen and oxygen atoms in total. The highest BCUT2D eigenvalue weighted by Gasteiger charge is 2.19.